The fourth-order valence-corrected chi connectivity index (χ4v) is 3.17. The highest BCUT2D eigenvalue weighted by Crippen LogP contribution is 2.31. The summed E-state index contributed by atoms with van der Waals surface area (Å²) in [5.74, 6) is 0.978. The van der Waals surface area contributed by atoms with Crippen molar-refractivity contribution in [1.82, 2.24) is 14.7 Å². The van der Waals surface area contributed by atoms with Gasteiger partial charge in [-0.3, -0.25) is 9.48 Å². The summed E-state index contributed by atoms with van der Waals surface area (Å²) >= 11 is 0. The van der Waals surface area contributed by atoms with Gasteiger partial charge in [0.25, 0.3) is 5.91 Å². The molecule has 0 unspecified atom stereocenters. The van der Waals surface area contributed by atoms with Gasteiger partial charge in [-0.1, -0.05) is 6.07 Å². The van der Waals surface area contributed by atoms with Crippen LogP contribution in [-0.4, -0.2) is 41.4 Å². The Morgan fingerprint density at radius 3 is 2.48 bits per heavy atom. The molecular formula is C17H21N3O3. The van der Waals surface area contributed by atoms with E-state index < -0.39 is 0 Å². The van der Waals surface area contributed by atoms with Crippen molar-refractivity contribution in [3.63, 3.8) is 0 Å². The second kappa shape index (κ2) is 5.95. The summed E-state index contributed by atoms with van der Waals surface area (Å²) in [6.07, 6.45) is 0.818. The zero-order valence-corrected chi connectivity index (χ0v) is 13.9. The lowest BCUT2D eigenvalue weighted by molar-refractivity contribution is 0.0723. The summed E-state index contributed by atoms with van der Waals surface area (Å²) in [6, 6.07) is 5.37. The van der Waals surface area contributed by atoms with E-state index in [4.69, 9.17) is 9.47 Å². The second-order valence-corrected chi connectivity index (χ2v) is 5.65. The number of rotatable bonds is 3. The number of aryl methyl sites for hydroxylation is 2. The molecule has 122 valence electrons. The SMILES string of the molecule is COc1cccc(OC)c1C(=O)N1CCc2c(C)nn(C)c2C1. The molecule has 1 aromatic carbocycles. The summed E-state index contributed by atoms with van der Waals surface area (Å²) in [7, 11) is 5.04. The summed E-state index contributed by atoms with van der Waals surface area (Å²) in [4.78, 5) is 14.8. The molecular weight excluding hydrogens is 294 g/mol. The second-order valence-electron chi connectivity index (χ2n) is 5.65. The van der Waals surface area contributed by atoms with Crippen LogP contribution in [0, 0.1) is 6.92 Å². The van der Waals surface area contributed by atoms with Gasteiger partial charge in [0.2, 0.25) is 0 Å². The van der Waals surface area contributed by atoms with Gasteiger partial charge >= 0.3 is 0 Å². The molecule has 1 amide bonds. The summed E-state index contributed by atoms with van der Waals surface area (Å²) in [6.45, 7) is 3.23. The van der Waals surface area contributed by atoms with E-state index in [0.717, 1.165) is 17.8 Å². The normalized spacial score (nSPS) is 13.7. The van der Waals surface area contributed by atoms with Gasteiger partial charge in [0, 0.05) is 13.6 Å². The van der Waals surface area contributed by atoms with E-state index in [-0.39, 0.29) is 5.91 Å². The van der Waals surface area contributed by atoms with Gasteiger partial charge in [-0.15, -0.1) is 0 Å². The zero-order chi connectivity index (χ0) is 16.6. The molecule has 1 aliphatic heterocycles. The van der Waals surface area contributed by atoms with Crippen molar-refractivity contribution in [3.05, 3.63) is 40.7 Å². The Balaban J connectivity index is 1.95. The van der Waals surface area contributed by atoms with Crippen molar-refractivity contribution in [3.8, 4) is 11.5 Å². The summed E-state index contributed by atoms with van der Waals surface area (Å²) < 4.78 is 12.6. The third-order valence-corrected chi connectivity index (χ3v) is 4.38. The average molecular weight is 315 g/mol. The molecule has 0 bridgehead atoms. The molecule has 23 heavy (non-hydrogen) atoms. The number of amides is 1. The predicted molar refractivity (Wildman–Crippen MR) is 85.9 cm³/mol. The van der Waals surface area contributed by atoms with Crippen LogP contribution in [0.4, 0.5) is 0 Å². The van der Waals surface area contributed by atoms with Crippen molar-refractivity contribution in [2.24, 2.45) is 7.05 Å². The molecule has 0 spiro atoms. The first kappa shape index (κ1) is 15.4. The standard InChI is InChI=1S/C17H21N3O3/c1-11-12-8-9-20(10-13(12)19(2)18-11)17(21)16-14(22-3)6-5-7-15(16)23-4/h5-7H,8-10H2,1-4H3. The van der Waals surface area contributed by atoms with Crippen molar-refractivity contribution >= 4 is 5.91 Å². The maximum atomic E-state index is 13.0. The first-order valence-electron chi connectivity index (χ1n) is 7.58. The molecule has 3 rings (SSSR count). The fourth-order valence-electron chi connectivity index (χ4n) is 3.17. The highest BCUT2D eigenvalue weighted by atomic mass is 16.5. The van der Waals surface area contributed by atoms with E-state index in [1.165, 1.54) is 5.56 Å². The smallest absolute Gasteiger partial charge is 0.261 e. The number of hydrogen-bond donors (Lipinski definition) is 0. The number of methoxy groups -OCH3 is 2. The van der Waals surface area contributed by atoms with Gasteiger partial charge in [0.1, 0.15) is 17.1 Å². The van der Waals surface area contributed by atoms with E-state index in [1.807, 2.05) is 29.6 Å². The van der Waals surface area contributed by atoms with E-state index in [2.05, 4.69) is 5.10 Å². The molecule has 0 atom stereocenters. The Bertz CT molecular complexity index is 730. The first-order chi connectivity index (χ1) is 11.1. The maximum absolute atomic E-state index is 13.0. The molecule has 0 radical (unpaired) electrons. The van der Waals surface area contributed by atoms with E-state index in [9.17, 15) is 4.79 Å². The van der Waals surface area contributed by atoms with Gasteiger partial charge in [-0.05, 0) is 31.0 Å². The number of fused-ring (bicyclic) bond motifs is 1. The summed E-state index contributed by atoms with van der Waals surface area (Å²) in [5.41, 5.74) is 3.86. The molecule has 0 saturated carbocycles. The van der Waals surface area contributed by atoms with Crippen LogP contribution in [0.5, 0.6) is 11.5 Å². The number of hydrogen-bond acceptors (Lipinski definition) is 4. The topological polar surface area (TPSA) is 56.6 Å². The monoisotopic (exact) mass is 315 g/mol. The Morgan fingerprint density at radius 1 is 1.22 bits per heavy atom. The minimum absolute atomic E-state index is 0.0798. The molecule has 0 aliphatic carbocycles. The molecule has 2 heterocycles. The minimum atomic E-state index is -0.0798. The number of nitrogens with zero attached hydrogens (tertiary/aromatic N) is 3. The van der Waals surface area contributed by atoms with E-state index >= 15 is 0 Å². The lowest BCUT2D eigenvalue weighted by Crippen LogP contribution is -2.37. The number of ether oxygens (including phenoxy) is 2. The third kappa shape index (κ3) is 2.54. The minimum Gasteiger partial charge on any atom is -0.496 e. The third-order valence-electron chi connectivity index (χ3n) is 4.38. The van der Waals surface area contributed by atoms with E-state index in [0.29, 0.717) is 30.2 Å². The maximum Gasteiger partial charge on any atom is 0.261 e. The molecule has 6 nitrogen and oxygen atoms in total. The predicted octanol–water partition coefficient (Wildman–Crippen LogP) is 1.94. The molecule has 0 N–H and O–H groups in total. The van der Waals surface area contributed by atoms with Gasteiger partial charge < -0.3 is 14.4 Å². The highest BCUT2D eigenvalue weighted by Gasteiger charge is 2.29. The van der Waals surface area contributed by atoms with Gasteiger partial charge in [-0.25, -0.2) is 0 Å². The van der Waals surface area contributed by atoms with Crippen molar-refractivity contribution in [2.75, 3.05) is 20.8 Å². The van der Waals surface area contributed by atoms with Crippen LogP contribution in [-0.2, 0) is 20.0 Å². The Labute approximate surface area is 135 Å². The Morgan fingerprint density at radius 2 is 1.87 bits per heavy atom. The fraction of sp³-hybridized carbons (Fsp3) is 0.412. The lowest BCUT2D eigenvalue weighted by Gasteiger charge is -2.28. The van der Waals surface area contributed by atoms with Crippen LogP contribution in [0.1, 0.15) is 27.3 Å². The van der Waals surface area contributed by atoms with Crippen LogP contribution in [0.25, 0.3) is 0 Å². The van der Waals surface area contributed by atoms with Gasteiger partial charge in [-0.2, -0.15) is 5.10 Å². The number of carbonyl (C=O) groups excluding carboxylic acids is 1. The van der Waals surface area contributed by atoms with E-state index in [1.54, 1.807) is 26.4 Å². The molecule has 0 saturated heterocycles. The lowest BCUT2D eigenvalue weighted by atomic mass is 10.0. The van der Waals surface area contributed by atoms with Crippen LogP contribution >= 0.6 is 0 Å². The van der Waals surface area contributed by atoms with Gasteiger partial charge in [0.05, 0.1) is 32.2 Å². The first-order valence-corrected chi connectivity index (χ1v) is 7.58. The number of benzene rings is 1. The number of carbonyl (C=O) groups is 1. The molecule has 2 aromatic rings. The largest absolute Gasteiger partial charge is 0.496 e. The Hall–Kier alpha value is -2.50. The Kier molecular flexibility index (Phi) is 3.98. The van der Waals surface area contributed by atoms with Crippen molar-refractivity contribution < 1.29 is 14.3 Å². The van der Waals surface area contributed by atoms with Crippen LogP contribution in [0.3, 0.4) is 0 Å². The quantitative estimate of drug-likeness (QED) is 0.868. The molecule has 1 aliphatic rings. The van der Waals surface area contributed by atoms with Crippen LogP contribution < -0.4 is 9.47 Å². The van der Waals surface area contributed by atoms with Crippen LogP contribution in [0.2, 0.25) is 0 Å². The van der Waals surface area contributed by atoms with Crippen LogP contribution in [0.15, 0.2) is 18.2 Å². The molecule has 0 fully saturated rings. The van der Waals surface area contributed by atoms with Crippen molar-refractivity contribution in [1.29, 1.82) is 0 Å². The number of aromatic nitrogens is 2. The highest BCUT2D eigenvalue weighted by molar-refractivity contribution is 5.99. The van der Waals surface area contributed by atoms with Crippen molar-refractivity contribution in [2.45, 2.75) is 19.9 Å². The summed E-state index contributed by atoms with van der Waals surface area (Å²) in [5, 5.41) is 4.46. The molecule has 6 heteroatoms. The average Bonchev–Trinajstić information content (AvgIpc) is 2.87. The molecule has 1 aromatic heterocycles. The zero-order valence-electron chi connectivity index (χ0n) is 13.9. The van der Waals surface area contributed by atoms with Gasteiger partial charge in [0.15, 0.2) is 0 Å².